The topological polar surface area (TPSA) is 81.9 Å². The molecule has 8 nitrogen and oxygen atoms in total. The molecular formula is C25H37F2N5O3. The van der Waals surface area contributed by atoms with Crippen molar-refractivity contribution in [2.24, 2.45) is 0 Å². The van der Waals surface area contributed by atoms with Crippen LogP contribution in [0.3, 0.4) is 0 Å². The summed E-state index contributed by atoms with van der Waals surface area (Å²) in [5.41, 5.74) is 1.52. The highest BCUT2D eigenvalue weighted by Crippen LogP contribution is 2.38. The first-order valence-electron chi connectivity index (χ1n) is 12.9. The third-order valence-corrected chi connectivity index (χ3v) is 8.99. The van der Waals surface area contributed by atoms with Gasteiger partial charge in [-0.1, -0.05) is 5.16 Å². The van der Waals surface area contributed by atoms with E-state index < -0.39 is 17.5 Å². The van der Waals surface area contributed by atoms with Crippen molar-refractivity contribution in [1.82, 2.24) is 25.2 Å². The van der Waals surface area contributed by atoms with Gasteiger partial charge in [-0.25, -0.2) is 8.78 Å². The molecule has 2 amide bonds. The number of likely N-dealkylation sites (N-methyl/N-ethyl adjacent to an activating group) is 1. The molecule has 3 aliphatic heterocycles. The first-order chi connectivity index (χ1) is 16.6. The summed E-state index contributed by atoms with van der Waals surface area (Å²) in [5.74, 6) is -1.77. The number of alkyl halides is 2. The average Bonchev–Trinajstić information content (AvgIpc) is 3.37. The molecule has 1 N–H and O–H groups in total. The van der Waals surface area contributed by atoms with Gasteiger partial charge in [-0.05, 0) is 53.0 Å². The number of amides is 2. The van der Waals surface area contributed by atoms with Crippen LogP contribution in [0, 0.1) is 13.8 Å². The Bertz CT molecular complexity index is 917. The highest BCUT2D eigenvalue weighted by Gasteiger charge is 2.50. The van der Waals surface area contributed by atoms with Crippen LogP contribution in [0.25, 0.3) is 0 Å². The van der Waals surface area contributed by atoms with E-state index in [4.69, 9.17) is 4.52 Å². The number of nitrogens with zero attached hydrogens (tertiary/aromatic N) is 4. The number of hydrogen-bond donors (Lipinski definition) is 1. The molecule has 4 aliphatic rings. The molecule has 4 fully saturated rings. The maximum Gasteiger partial charge on any atom is 0.248 e. The Hall–Kier alpha value is -2.07. The molecule has 0 bridgehead atoms. The molecule has 194 valence electrons. The molecule has 1 aromatic heterocycles. The maximum absolute atomic E-state index is 13.6. The lowest BCUT2D eigenvalue weighted by Crippen LogP contribution is -2.56. The minimum Gasteiger partial charge on any atom is -0.361 e. The maximum atomic E-state index is 13.6. The molecule has 0 radical (unpaired) electrons. The molecule has 1 saturated carbocycles. The molecule has 2 atom stereocenters. The van der Waals surface area contributed by atoms with Crippen molar-refractivity contribution in [3.63, 3.8) is 0 Å². The number of fused-ring (bicyclic) bond motifs is 1. The predicted octanol–water partition coefficient (Wildman–Crippen LogP) is 2.63. The molecule has 35 heavy (non-hydrogen) atoms. The first kappa shape index (κ1) is 24.6. The second-order valence-corrected chi connectivity index (χ2v) is 11.2. The van der Waals surface area contributed by atoms with Crippen molar-refractivity contribution in [2.45, 2.75) is 101 Å². The number of hydrogen-bond acceptors (Lipinski definition) is 6. The first-order valence-corrected chi connectivity index (χ1v) is 12.9. The molecule has 1 spiro atoms. The number of piperidine rings is 1. The van der Waals surface area contributed by atoms with Gasteiger partial charge in [0.1, 0.15) is 11.8 Å². The predicted molar refractivity (Wildman–Crippen MR) is 125 cm³/mol. The molecule has 0 aromatic carbocycles. The van der Waals surface area contributed by atoms with Gasteiger partial charge >= 0.3 is 0 Å². The summed E-state index contributed by atoms with van der Waals surface area (Å²) in [7, 11) is 1.96. The Morgan fingerprint density at radius 3 is 2.43 bits per heavy atom. The van der Waals surface area contributed by atoms with Crippen LogP contribution in [0.4, 0.5) is 8.78 Å². The molecule has 1 aromatic rings. The fourth-order valence-electron chi connectivity index (χ4n) is 6.54. The summed E-state index contributed by atoms with van der Waals surface area (Å²) in [5, 5.41) is 7.31. The Labute approximate surface area is 205 Å². The lowest BCUT2D eigenvalue weighted by atomic mass is 9.83. The van der Waals surface area contributed by atoms with E-state index in [9.17, 15) is 18.4 Å². The standard InChI is InChI=1S/C25H37F2N5O3/c1-16-20(17(2)35-29-16)15-31-10-8-24(9-11-31)13-22(33)32-14-19(12-21(32)23(34)28-24)30(3)18-4-6-25(26,27)7-5-18/h18-19,21H,4-15H2,1-3H3,(H,28,34)/t19-,21-/m0/s1. The van der Waals surface area contributed by atoms with Gasteiger partial charge < -0.3 is 14.7 Å². The highest BCUT2D eigenvalue weighted by atomic mass is 19.3. The molecule has 5 rings (SSSR count). The van der Waals surface area contributed by atoms with Crippen molar-refractivity contribution in [3.8, 4) is 0 Å². The molecule has 10 heteroatoms. The minimum atomic E-state index is -2.56. The monoisotopic (exact) mass is 493 g/mol. The van der Waals surface area contributed by atoms with Gasteiger partial charge in [-0.2, -0.15) is 0 Å². The number of likely N-dealkylation sites (tertiary alicyclic amines) is 1. The van der Waals surface area contributed by atoms with Crippen LogP contribution in [0.5, 0.6) is 0 Å². The number of halogens is 2. The number of nitrogens with one attached hydrogen (secondary N) is 1. The molecule has 0 unspecified atom stereocenters. The van der Waals surface area contributed by atoms with Gasteiger partial charge in [-0.3, -0.25) is 19.4 Å². The molecule has 1 aliphatic carbocycles. The van der Waals surface area contributed by atoms with Gasteiger partial charge in [0.2, 0.25) is 17.7 Å². The van der Waals surface area contributed by atoms with E-state index >= 15 is 0 Å². The van der Waals surface area contributed by atoms with Crippen LogP contribution >= 0.6 is 0 Å². The average molecular weight is 494 g/mol. The fraction of sp³-hybridized carbons (Fsp3) is 0.800. The Balaban J connectivity index is 1.19. The Kier molecular flexibility index (Phi) is 6.40. The van der Waals surface area contributed by atoms with Crippen molar-refractivity contribution in [1.29, 1.82) is 0 Å². The summed E-state index contributed by atoms with van der Waals surface area (Å²) >= 11 is 0. The van der Waals surface area contributed by atoms with Crippen LogP contribution < -0.4 is 5.32 Å². The normalized spacial score (nSPS) is 29.5. The second kappa shape index (κ2) is 9.10. The van der Waals surface area contributed by atoms with Crippen LogP contribution in [-0.2, 0) is 16.1 Å². The van der Waals surface area contributed by atoms with Gasteiger partial charge in [0, 0.05) is 56.7 Å². The molecular weight excluding hydrogens is 456 g/mol. The second-order valence-electron chi connectivity index (χ2n) is 11.2. The van der Waals surface area contributed by atoms with Crippen LogP contribution in [0.15, 0.2) is 4.52 Å². The van der Waals surface area contributed by atoms with E-state index in [1.54, 1.807) is 4.90 Å². The van der Waals surface area contributed by atoms with E-state index in [0.717, 1.165) is 49.5 Å². The number of carbonyl (C=O) groups is 2. The number of aryl methyl sites for hydroxylation is 2. The number of aromatic nitrogens is 1. The van der Waals surface area contributed by atoms with Gasteiger partial charge in [0.25, 0.3) is 0 Å². The zero-order valence-corrected chi connectivity index (χ0v) is 21.0. The van der Waals surface area contributed by atoms with Crippen LogP contribution in [-0.4, -0.2) is 87.9 Å². The van der Waals surface area contributed by atoms with Crippen molar-refractivity contribution in [2.75, 3.05) is 26.7 Å². The largest absolute Gasteiger partial charge is 0.361 e. The van der Waals surface area contributed by atoms with E-state index in [2.05, 4.69) is 20.3 Å². The summed E-state index contributed by atoms with van der Waals surface area (Å²) in [6.07, 6.45) is 3.09. The summed E-state index contributed by atoms with van der Waals surface area (Å²) in [6, 6.07) is -0.369. The van der Waals surface area contributed by atoms with Crippen LogP contribution in [0.1, 0.15) is 68.4 Å². The quantitative estimate of drug-likeness (QED) is 0.695. The van der Waals surface area contributed by atoms with Crippen molar-refractivity contribution >= 4 is 11.8 Å². The minimum absolute atomic E-state index is 0.0253. The zero-order valence-electron chi connectivity index (χ0n) is 21.0. The number of rotatable bonds is 4. The fourth-order valence-corrected chi connectivity index (χ4v) is 6.54. The summed E-state index contributed by atoms with van der Waals surface area (Å²) in [6.45, 7) is 6.71. The Morgan fingerprint density at radius 2 is 1.80 bits per heavy atom. The number of carbonyl (C=O) groups excluding carboxylic acids is 2. The van der Waals surface area contributed by atoms with Crippen molar-refractivity contribution < 1.29 is 22.9 Å². The summed E-state index contributed by atoms with van der Waals surface area (Å²) in [4.78, 5) is 32.9. The van der Waals surface area contributed by atoms with E-state index in [1.807, 2.05) is 20.9 Å². The Morgan fingerprint density at radius 1 is 1.11 bits per heavy atom. The lowest BCUT2D eigenvalue weighted by molar-refractivity contribution is -0.135. The third-order valence-electron chi connectivity index (χ3n) is 8.99. The van der Waals surface area contributed by atoms with E-state index in [1.165, 1.54) is 0 Å². The third kappa shape index (κ3) is 4.83. The van der Waals surface area contributed by atoms with Gasteiger partial charge in [0.15, 0.2) is 0 Å². The van der Waals surface area contributed by atoms with E-state index in [0.29, 0.717) is 32.2 Å². The van der Waals surface area contributed by atoms with Gasteiger partial charge in [-0.15, -0.1) is 0 Å². The zero-order chi connectivity index (χ0) is 25.0. The smallest absolute Gasteiger partial charge is 0.248 e. The lowest BCUT2D eigenvalue weighted by Gasteiger charge is -2.41. The van der Waals surface area contributed by atoms with Crippen molar-refractivity contribution in [3.05, 3.63) is 17.0 Å². The summed E-state index contributed by atoms with van der Waals surface area (Å²) < 4.78 is 32.5. The van der Waals surface area contributed by atoms with Crippen LogP contribution in [0.2, 0.25) is 0 Å². The van der Waals surface area contributed by atoms with E-state index in [-0.39, 0.29) is 36.7 Å². The SMILES string of the molecule is Cc1noc(C)c1CN1CCC2(CC1)CC(=O)N1C[C@@H](N(C)C3CCC(F)(F)CC3)C[C@H]1C(=O)N2. The highest BCUT2D eigenvalue weighted by molar-refractivity contribution is 5.92. The molecule has 3 saturated heterocycles. The molecule has 4 heterocycles. The van der Waals surface area contributed by atoms with Gasteiger partial charge in [0.05, 0.1) is 17.7 Å².